The average Bonchev–Trinajstić information content (AvgIpc) is 2.60. The van der Waals surface area contributed by atoms with E-state index >= 15 is 0 Å². The van der Waals surface area contributed by atoms with Crippen LogP contribution in [0.1, 0.15) is 21.5 Å². The highest BCUT2D eigenvalue weighted by Gasteiger charge is 2.09. The van der Waals surface area contributed by atoms with Crippen LogP contribution in [0.5, 0.6) is 11.5 Å². The molecule has 0 aliphatic carbocycles. The summed E-state index contributed by atoms with van der Waals surface area (Å²) in [5.41, 5.74) is 2.23. The molecule has 0 radical (unpaired) electrons. The maximum absolute atomic E-state index is 12.4. The summed E-state index contributed by atoms with van der Waals surface area (Å²) >= 11 is 3.42. The van der Waals surface area contributed by atoms with Crippen molar-refractivity contribution in [2.75, 3.05) is 21.3 Å². The molecule has 4 nitrogen and oxygen atoms in total. The molecule has 0 aliphatic rings. The van der Waals surface area contributed by atoms with E-state index in [1.807, 2.05) is 18.2 Å². The van der Waals surface area contributed by atoms with Crippen LogP contribution in [0.3, 0.4) is 0 Å². The minimum absolute atomic E-state index is 0.1000. The van der Waals surface area contributed by atoms with Gasteiger partial charge in [0.25, 0.3) is 0 Å². The first-order chi connectivity index (χ1) is 11.6. The molecule has 0 saturated carbocycles. The number of hydrogen-bond acceptors (Lipinski definition) is 4. The number of carbonyl (C=O) groups excluding carboxylic acids is 1. The van der Waals surface area contributed by atoms with Gasteiger partial charge in [0, 0.05) is 28.3 Å². The number of halogens is 1. The molecule has 0 atom stereocenters. The second-order valence-corrected chi connectivity index (χ2v) is 5.96. The Morgan fingerprint density at radius 2 is 1.75 bits per heavy atom. The first-order valence-electron chi connectivity index (χ1n) is 7.31. The summed E-state index contributed by atoms with van der Waals surface area (Å²) in [5.74, 6) is 1.31. The van der Waals surface area contributed by atoms with E-state index in [0.29, 0.717) is 23.7 Å². The number of ether oxygens (including phenoxy) is 3. The fraction of sp³-hybridized carbons (Fsp3) is 0.211. The lowest BCUT2D eigenvalue weighted by atomic mass is 10.0. The number of allylic oxidation sites excluding steroid dienone is 1. The van der Waals surface area contributed by atoms with Gasteiger partial charge in [-0.1, -0.05) is 15.9 Å². The second kappa shape index (κ2) is 8.66. The molecule has 0 fully saturated rings. The minimum Gasteiger partial charge on any atom is -0.496 e. The lowest BCUT2D eigenvalue weighted by Gasteiger charge is -2.09. The van der Waals surface area contributed by atoms with Crippen molar-refractivity contribution in [2.24, 2.45) is 0 Å². The van der Waals surface area contributed by atoms with Gasteiger partial charge in [0.2, 0.25) is 0 Å². The van der Waals surface area contributed by atoms with Crippen molar-refractivity contribution < 1.29 is 19.0 Å². The Kier molecular flexibility index (Phi) is 6.58. The molecule has 0 heterocycles. The first kappa shape index (κ1) is 18.2. The summed E-state index contributed by atoms with van der Waals surface area (Å²) in [7, 11) is 4.80. The molecule has 0 N–H and O–H groups in total. The molecule has 5 heteroatoms. The van der Waals surface area contributed by atoms with Gasteiger partial charge in [-0.15, -0.1) is 0 Å². The SMILES string of the molecule is COCc1cc(C(=O)/C=C/c2cc(Br)ccc2OC)ccc1OC. The monoisotopic (exact) mass is 390 g/mol. The molecule has 2 aromatic carbocycles. The van der Waals surface area contributed by atoms with Gasteiger partial charge in [-0.3, -0.25) is 4.79 Å². The van der Waals surface area contributed by atoms with Gasteiger partial charge in [0.05, 0.1) is 20.8 Å². The third-order valence-electron chi connectivity index (χ3n) is 3.47. The van der Waals surface area contributed by atoms with Crippen LogP contribution < -0.4 is 9.47 Å². The molecule has 0 spiro atoms. The van der Waals surface area contributed by atoms with Gasteiger partial charge >= 0.3 is 0 Å². The Balaban J connectivity index is 2.26. The minimum atomic E-state index is -0.1000. The Labute approximate surface area is 150 Å². The number of methoxy groups -OCH3 is 3. The average molecular weight is 391 g/mol. The molecule has 0 aromatic heterocycles. The highest BCUT2D eigenvalue weighted by Crippen LogP contribution is 2.25. The number of ketones is 1. The molecular formula is C19H19BrO4. The van der Waals surface area contributed by atoms with Crippen molar-refractivity contribution >= 4 is 27.8 Å². The topological polar surface area (TPSA) is 44.8 Å². The smallest absolute Gasteiger partial charge is 0.185 e. The van der Waals surface area contributed by atoms with E-state index < -0.39 is 0 Å². The van der Waals surface area contributed by atoms with E-state index in [-0.39, 0.29) is 5.78 Å². The number of hydrogen-bond donors (Lipinski definition) is 0. The van der Waals surface area contributed by atoms with Crippen LogP contribution in [0.25, 0.3) is 6.08 Å². The molecule has 24 heavy (non-hydrogen) atoms. The molecule has 0 unspecified atom stereocenters. The summed E-state index contributed by atoms with van der Waals surface area (Å²) in [6, 6.07) is 10.9. The van der Waals surface area contributed by atoms with E-state index in [1.165, 1.54) is 6.08 Å². The number of rotatable bonds is 7. The van der Waals surface area contributed by atoms with Gasteiger partial charge in [0.15, 0.2) is 5.78 Å². The predicted octanol–water partition coefficient (Wildman–Crippen LogP) is 4.51. The molecule has 2 aromatic rings. The summed E-state index contributed by atoms with van der Waals surface area (Å²) in [4.78, 5) is 12.4. The lowest BCUT2D eigenvalue weighted by molar-refractivity contribution is 0.104. The summed E-state index contributed by atoms with van der Waals surface area (Å²) in [6.45, 7) is 0.382. The van der Waals surface area contributed by atoms with Gasteiger partial charge in [-0.25, -0.2) is 0 Å². The predicted molar refractivity (Wildman–Crippen MR) is 97.8 cm³/mol. The van der Waals surface area contributed by atoms with Crippen molar-refractivity contribution in [2.45, 2.75) is 6.61 Å². The van der Waals surface area contributed by atoms with Crippen LogP contribution in [0, 0.1) is 0 Å². The third kappa shape index (κ3) is 4.46. The molecular weight excluding hydrogens is 372 g/mol. The zero-order chi connectivity index (χ0) is 17.5. The van der Waals surface area contributed by atoms with Crippen molar-refractivity contribution in [3.8, 4) is 11.5 Å². The van der Waals surface area contributed by atoms with E-state index in [9.17, 15) is 4.79 Å². The zero-order valence-corrected chi connectivity index (χ0v) is 15.4. The zero-order valence-electron chi connectivity index (χ0n) is 13.8. The van der Waals surface area contributed by atoms with Crippen LogP contribution in [0.4, 0.5) is 0 Å². The molecule has 0 bridgehead atoms. The van der Waals surface area contributed by atoms with Crippen LogP contribution >= 0.6 is 15.9 Å². The molecule has 0 saturated heterocycles. The van der Waals surface area contributed by atoms with Crippen molar-refractivity contribution in [1.29, 1.82) is 0 Å². The fourth-order valence-corrected chi connectivity index (χ4v) is 2.68. The molecule has 126 valence electrons. The van der Waals surface area contributed by atoms with Crippen molar-refractivity contribution in [3.05, 3.63) is 63.6 Å². The van der Waals surface area contributed by atoms with E-state index in [0.717, 1.165) is 15.6 Å². The van der Waals surface area contributed by atoms with Gasteiger partial charge < -0.3 is 14.2 Å². The number of benzene rings is 2. The summed E-state index contributed by atoms with van der Waals surface area (Å²) in [6.07, 6.45) is 3.27. The highest BCUT2D eigenvalue weighted by atomic mass is 79.9. The first-order valence-corrected chi connectivity index (χ1v) is 8.10. The van der Waals surface area contributed by atoms with Gasteiger partial charge in [-0.2, -0.15) is 0 Å². The Hall–Kier alpha value is -2.11. The van der Waals surface area contributed by atoms with Crippen LogP contribution in [0.15, 0.2) is 46.9 Å². The molecule has 0 amide bonds. The summed E-state index contributed by atoms with van der Waals surface area (Å²) < 4.78 is 16.6. The van der Waals surface area contributed by atoms with Crippen LogP contribution in [-0.2, 0) is 11.3 Å². The van der Waals surface area contributed by atoms with Gasteiger partial charge in [0.1, 0.15) is 11.5 Å². The van der Waals surface area contributed by atoms with Crippen LogP contribution in [-0.4, -0.2) is 27.1 Å². The maximum atomic E-state index is 12.4. The van der Waals surface area contributed by atoms with Crippen molar-refractivity contribution in [3.63, 3.8) is 0 Å². The Morgan fingerprint density at radius 1 is 1.04 bits per heavy atom. The Morgan fingerprint density at radius 3 is 2.42 bits per heavy atom. The normalized spacial score (nSPS) is 10.8. The quantitative estimate of drug-likeness (QED) is 0.515. The molecule has 2 rings (SSSR count). The third-order valence-corrected chi connectivity index (χ3v) is 3.96. The largest absolute Gasteiger partial charge is 0.496 e. The lowest BCUT2D eigenvalue weighted by Crippen LogP contribution is -2.00. The van der Waals surface area contributed by atoms with Crippen molar-refractivity contribution in [1.82, 2.24) is 0 Å². The standard InChI is InChI=1S/C19H19BrO4/c1-22-12-15-10-13(5-8-19(15)24-3)17(21)7-4-14-11-16(20)6-9-18(14)23-2/h4-11H,12H2,1-3H3/b7-4+. The van der Waals surface area contributed by atoms with E-state index in [1.54, 1.807) is 45.6 Å². The van der Waals surface area contributed by atoms with E-state index in [2.05, 4.69) is 15.9 Å². The summed E-state index contributed by atoms with van der Waals surface area (Å²) in [5, 5.41) is 0. The van der Waals surface area contributed by atoms with Crippen LogP contribution in [0.2, 0.25) is 0 Å². The number of carbonyl (C=O) groups is 1. The van der Waals surface area contributed by atoms with Gasteiger partial charge in [-0.05, 0) is 48.6 Å². The Bertz CT molecular complexity index is 753. The molecule has 0 aliphatic heterocycles. The van der Waals surface area contributed by atoms with E-state index in [4.69, 9.17) is 14.2 Å². The fourth-order valence-electron chi connectivity index (χ4n) is 2.30. The maximum Gasteiger partial charge on any atom is 0.185 e. The second-order valence-electron chi connectivity index (χ2n) is 5.04. The highest BCUT2D eigenvalue weighted by molar-refractivity contribution is 9.10.